The van der Waals surface area contributed by atoms with Crippen molar-refractivity contribution >= 4 is 5.69 Å². The van der Waals surface area contributed by atoms with Crippen LogP contribution in [0.25, 0.3) is 0 Å². The second-order valence-corrected chi connectivity index (χ2v) is 4.80. The van der Waals surface area contributed by atoms with Gasteiger partial charge in [-0.3, -0.25) is 0 Å². The third-order valence-corrected chi connectivity index (χ3v) is 3.11. The number of aryl methyl sites for hydroxylation is 3. The Balaban J connectivity index is 2.08. The van der Waals surface area contributed by atoms with Crippen molar-refractivity contribution in [2.24, 2.45) is 0 Å². The normalized spacial score (nSPS) is 10.4. The number of rotatable bonds is 3. The molecule has 0 heterocycles. The van der Waals surface area contributed by atoms with Gasteiger partial charge in [0.05, 0.1) is 0 Å². The largest absolute Gasteiger partial charge is 0.507 e. The Labute approximate surface area is 108 Å². The van der Waals surface area contributed by atoms with Crippen LogP contribution in [0.5, 0.6) is 5.75 Å². The highest BCUT2D eigenvalue weighted by Gasteiger charge is 2.03. The molecule has 0 spiro atoms. The predicted octanol–water partition coefficient (Wildman–Crippen LogP) is 3.93. The maximum Gasteiger partial charge on any atom is 0.121 e. The fraction of sp³-hybridized carbons (Fsp3) is 0.250. The number of benzene rings is 2. The molecule has 0 aromatic heterocycles. The van der Waals surface area contributed by atoms with E-state index in [1.165, 1.54) is 11.1 Å². The molecular weight excluding hydrogens is 222 g/mol. The predicted molar refractivity (Wildman–Crippen MR) is 76.1 cm³/mol. The lowest BCUT2D eigenvalue weighted by atomic mass is 10.1. The first-order chi connectivity index (χ1) is 8.56. The highest BCUT2D eigenvalue weighted by Crippen LogP contribution is 2.25. The molecule has 2 heteroatoms. The van der Waals surface area contributed by atoms with Crippen molar-refractivity contribution in [2.45, 2.75) is 27.3 Å². The molecule has 2 aromatic carbocycles. The van der Waals surface area contributed by atoms with Gasteiger partial charge in [0.2, 0.25) is 0 Å². The van der Waals surface area contributed by atoms with Gasteiger partial charge in [-0.15, -0.1) is 0 Å². The number of aromatic hydroxyl groups is 1. The van der Waals surface area contributed by atoms with E-state index in [4.69, 9.17) is 0 Å². The van der Waals surface area contributed by atoms with E-state index in [9.17, 15) is 5.11 Å². The second-order valence-electron chi connectivity index (χ2n) is 4.80. The van der Waals surface area contributed by atoms with Crippen molar-refractivity contribution in [3.8, 4) is 5.75 Å². The summed E-state index contributed by atoms with van der Waals surface area (Å²) in [5, 5.41) is 13.1. The minimum atomic E-state index is 0.385. The molecule has 0 saturated carbocycles. The first-order valence-corrected chi connectivity index (χ1v) is 6.16. The fourth-order valence-electron chi connectivity index (χ4n) is 1.97. The van der Waals surface area contributed by atoms with Crippen LogP contribution in [0, 0.1) is 20.8 Å². The lowest BCUT2D eigenvalue weighted by Crippen LogP contribution is -2.00. The van der Waals surface area contributed by atoms with Gasteiger partial charge < -0.3 is 10.4 Å². The summed E-state index contributed by atoms with van der Waals surface area (Å²) in [4.78, 5) is 0. The number of hydrogen-bond donors (Lipinski definition) is 2. The Morgan fingerprint density at radius 3 is 2.06 bits per heavy atom. The van der Waals surface area contributed by atoms with Gasteiger partial charge in [-0.1, -0.05) is 29.8 Å². The van der Waals surface area contributed by atoms with Gasteiger partial charge in [-0.25, -0.2) is 0 Å². The van der Waals surface area contributed by atoms with E-state index in [1.807, 2.05) is 26.0 Å². The molecule has 0 aliphatic heterocycles. The van der Waals surface area contributed by atoms with Crippen LogP contribution in [-0.4, -0.2) is 5.11 Å². The summed E-state index contributed by atoms with van der Waals surface area (Å²) in [6.07, 6.45) is 0. The molecule has 2 N–H and O–H groups in total. The summed E-state index contributed by atoms with van der Waals surface area (Å²) in [5.41, 5.74) is 5.38. The standard InChI is InChI=1S/C16H19NO/c1-11-4-6-14(7-5-11)10-17-15-8-12(2)16(18)13(3)9-15/h4-9,17-18H,10H2,1-3H3. The van der Waals surface area contributed by atoms with Crippen LogP contribution in [0.4, 0.5) is 5.69 Å². The van der Waals surface area contributed by atoms with Gasteiger partial charge in [-0.05, 0) is 49.6 Å². The quantitative estimate of drug-likeness (QED) is 0.798. The van der Waals surface area contributed by atoms with Crippen LogP contribution in [0.3, 0.4) is 0 Å². The van der Waals surface area contributed by atoms with Crippen molar-refractivity contribution in [1.82, 2.24) is 0 Å². The van der Waals surface area contributed by atoms with Crippen LogP contribution in [-0.2, 0) is 6.54 Å². The molecule has 0 atom stereocenters. The monoisotopic (exact) mass is 241 g/mol. The average Bonchev–Trinajstić information content (AvgIpc) is 2.35. The van der Waals surface area contributed by atoms with E-state index in [-0.39, 0.29) is 0 Å². The maximum atomic E-state index is 9.72. The molecule has 0 unspecified atom stereocenters. The third-order valence-electron chi connectivity index (χ3n) is 3.11. The summed E-state index contributed by atoms with van der Waals surface area (Å²) < 4.78 is 0. The Morgan fingerprint density at radius 1 is 0.944 bits per heavy atom. The highest BCUT2D eigenvalue weighted by atomic mass is 16.3. The smallest absolute Gasteiger partial charge is 0.121 e. The molecule has 2 aromatic rings. The molecule has 18 heavy (non-hydrogen) atoms. The van der Waals surface area contributed by atoms with Crippen molar-refractivity contribution in [2.75, 3.05) is 5.32 Å². The topological polar surface area (TPSA) is 32.3 Å². The van der Waals surface area contributed by atoms with E-state index < -0.39 is 0 Å². The minimum Gasteiger partial charge on any atom is -0.507 e. The van der Waals surface area contributed by atoms with Crippen molar-refractivity contribution in [1.29, 1.82) is 0 Å². The zero-order valence-electron chi connectivity index (χ0n) is 11.1. The Bertz CT molecular complexity index is 521. The Kier molecular flexibility index (Phi) is 3.56. The molecule has 0 aliphatic carbocycles. The molecule has 2 rings (SSSR count). The molecule has 0 bridgehead atoms. The van der Waals surface area contributed by atoms with E-state index >= 15 is 0 Å². The summed E-state index contributed by atoms with van der Waals surface area (Å²) in [6, 6.07) is 12.4. The molecule has 0 amide bonds. The number of hydrogen-bond acceptors (Lipinski definition) is 2. The number of anilines is 1. The van der Waals surface area contributed by atoms with Crippen LogP contribution >= 0.6 is 0 Å². The van der Waals surface area contributed by atoms with Crippen LogP contribution < -0.4 is 5.32 Å². The third kappa shape index (κ3) is 2.83. The lowest BCUT2D eigenvalue weighted by Gasteiger charge is -2.10. The summed E-state index contributed by atoms with van der Waals surface area (Å²) in [7, 11) is 0. The van der Waals surface area contributed by atoms with E-state index in [0.717, 1.165) is 23.4 Å². The lowest BCUT2D eigenvalue weighted by molar-refractivity contribution is 0.467. The molecule has 0 saturated heterocycles. The molecular formula is C16H19NO. The SMILES string of the molecule is Cc1ccc(CNc2cc(C)c(O)c(C)c2)cc1. The first kappa shape index (κ1) is 12.5. The summed E-state index contributed by atoms with van der Waals surface area (Å²) in [6.45, 7) is 6.71. The zero-order valence-corrected chi connectivity index (χ0v) is 11.1. The van der Waals surface area contributed by atoms with Crippen molar-refractivity contribution in [3.05, 3.63) is 58.7 Å². The zero-order chi connectivity index (χ0) is 13.1. The van der Waals surface area contributed by atoms with Gasteiger partial charge in [-0.2, -0.15) is 0 Å². The molecule has 0 aliphatic rings. The molecule has 2 nitrogen and oxygen atoms in total. The van der Waals surface area contributed by atoms with Crippen LogP contribution in [0.1, 0.15) is 22.3 Å². The van der Waals surface area contributed by atoms with Gasteiger partial charge in [0.1, 0.15) is 5.75 Å². The number of phenolic OH excluding ortho intramolecular Hbond substituents is 1. The molecule has 0 radical (unpaired) electrons. The van der Waals surface area contributed by atoms with Crippen molar-refractivity contribution < 1.29 is 5.11 Å². The summed E-state index contributed by atoms with van der Waals surface area (Å²) in [5.74, 6) is 0.385. The first-order valence-electron chi connectivity index (χ1n) is 6.16. The minimum absolute atomic E-state index is 0.385. The van der Waals surface area contributed by atoms with Gasteiger partial charge in [0, 0.05) is 12.2 Å². The maximum absolute atomic E-state index is 9.72. The Morgan fingerprint density at radius 2 is 1.50 bits per heavy atom. The fourth-order valence-corrected chi connectivity index (χ4v) is 1.97. The van der Waals surface area contributed by atoms with Crippen LogP contribution in [0.15, 0.2) is 36.4 Å². The van der Waals surface area contributed by atoms with Crippen molar-refractivity contribution in [3.63, 3.8) is 0 Å². The van der Waals surface area contributed by atoms with E-state index in [0.29, 0.717) is 5.75 Å². The molecule has 94 valence electrons. The number of phenols is 1. The molecule has 0 fully saturated rings. The second kappa shape index (κ2) is 5.13. The van der Waals surface area contributed by atoms with Gasteiger partial charge >= 0.3 is 0 Å². The van der Waals surface area contributed by atoms with Crippen LogP contribution in [0.2, 0.25) is 0 Å². The van der Waals surface area contributed by atoms with E-state index in [1.54, 1.807) is 0 Å². The summed E-state index contributed by atoms with van der Waals surface area (Å²) >= 11 is 0. The highest BCUT2D eigenvalue weighted by molar-refractivity contribution is 5.54. The van der Waals surface area contributed by atoms with Gasteiger partial charge in [0.15, 0.2) is 0 Å². The van der Waals surface area contributed by atoms with E-state index in [2.05, 4.69) is 36.5 Å². The number of nitrogens with one attached hydrogen (secondary N) is 1. The average molecular weight is 241 g/mol. The van der Waals surface area contributed by atoms with Gasteiger partial charge in [0.25, 0.3) is 0 Å². The Hall–Kier alpha value is -1.96.